The van der Waals surface area contributed by atoms with Crippen molar-refractivity contribution < 1.29 is 0 Å². The zero-order valence-electron chi connectivity index (χ0n) is 7.97. The molecule has 74 valence electrons. The van der Waals surface area contributed by atoms with Crippen LogP contribution in [-0.2, 0) is 6.42 Å². The Kier molecular flexibility index (Phi) is 2.46. The van der Waals surface area contributed by atoms with Gasteiger partial charge in [-0.05, 0) is 34.5 Å². The first-order chi connectivity index (χ1) is 6.72. The Morgan fingerprint density at radius 1 is 1.50 bits per heavy atom. The summed E-state index contributed by atoms with van der Waals surface area (Å²) in [6, 6.07) is 3.84. The van der Waals surface area contributed by atoms with Crippen molar-refractivity contribution in [3.8, 4) is 0 Å². The number of halogens is 1. The predicted octanol–water partition coefficient (Wildman–Crippen LogP) is 2.86. The summed E-state index contributed by atoms with van der Waals surface area (Å²) in [5.74, 6) is 1.02. The number of benzene rings is 1. The number of nitrogens with zero attached hydrogens (tertiary/aromatic N) is 1. The number of hydrogen-bond donors (Lipinski definition) is 2. The Bertz CT molecular complexity index is 462. The van der Waals surface area contributed by atoms with Gasteiger partial charge in [-0.3, -0.25) is 0 Å². The number of nitrogens with one attached hydrogen (secondary N) is 1. The minimum atomic E-state index is 0.729. The number of nitrogens with two attached hydrogens (primary N) is 1. The van der Waals surface area contributed by atoms with Crippen molar-refractivity contribution in [2.75, 3.05) is 5.73 Å². The number of rotatable bonds is 2. The minimum absolute atomic E-state index is 0.729. The van der Waals surface area contributed by atoms with Crippen LogP contribution in [0.5, 0.6) is 0 Å². The van der Waals surface area contributed by atoms with E-state index in [1.807, 2.05) is 12.1 Å². The second kappa shape index (κ2) is 3.61. The van der Waals surface area contributed by atoms with Crippen LogP contribution in [0.2, 0.25) is 0 Å². The Labute approximate surface area is 90.8 Å². The lowest BCUT2D eigenvalue weighted by molar-refractivity contribution is 0.861. The standard InChI is InChI=1S/C10H12BrN3/c1-2-3-8-13-7-5-4-6(12)9(11)10(7)14-8/h4-5H,2-3,12H2,1H3,(H,13,14). The molecule has 4 heteroatoms. The van der Waals surface area contributed by atoms with Crippen LogP contribution in [0, 0.1) is 0 Å². The van der Waals surface area contributed by atoms with Gasteiger partial charge in [0, 0.05) is 12.1 Å². The van der Waals surface area contributed by atoms with E-state index in [2.05, 4.69) is 32.8 Å². The first kappa shape index (κ1) is 9.52. The monoisotopic (exact) mass is 253 g/mol. The van der Waals surface area contributed by atoms with E-state index in [0.717, 1.165) is 39.9 Å². The van der Waals surface area contributed by atoms with Crippen LogP contribution >= 0.6 is 15.9 Å². The average molecular weight is 254 g/mol. The number of aromatic nitrogens is 2. The lowest BCUT2D eigenvalue weighted by atomic mass is 10.3. The molecule has 1 heterocycles. The van der Waals surface area contributed by atoms with Gasteiger partial charge in [0.1, 0.15) is 11.3 Å². The van der Waals surface area contributed by atoms with E-state index in [9.17, 15) is 0 Å². The number of hydrogen-bond acceptors (Lipinski definition) is 2. The Morgan fingerprint density at radius 2 is 2.29 bits per heavy atom. The Hall–Kier alpha value is -1.03. The maximum atomic E-state index is 5.77. The molecule has 0 saturated heterocycles. The molecular weight excluding hydrogens is 242 g/mol. The summed E-state index contributed by atoms with van der Waals surface area (Å²) in [6.45, 7) is 2.14. The average Bonchev–Trinajstić information content (AvgIpc) is 2.56. The first-order valence-corrected chi connectivity index (χ1v) is 5.44. The molecule has 3 N–H and O–H groups in total. The first-order valence-electron chi connectivity index (χ1n) is 4.65. The van der Waals surface area contributed by atoms with Crippen LogP contribution < -0.4 is 5.73 Å². The van der Waals surface area contributed by atoms with Crippen molar-refractivity contribution in [3.05, 3.63) is 22.4 Å². The molecule has 0 saturated carbocycles. The minimum Gasteiger partial charge on any atom is -0.398 e. The highest BCUT2D eigenvalue weighted by Crippen LogP contribution is 2.27. The molecule has 1 aromatic carbocycles. The van der Waals surface area contributed by atoms with E-state index in [-0.39, 0.29) is 0 Å². The molecule has 0 aliphatic rings. The number of aryl methyl sites for hydroxylation is 1. The van der Waals surface area contributed by atoms with Gasteiger partial charge >= 0.3 is 0 Å². The third-order valence-corrected chi connectivity index (χ3v) is 2.99. The highest BCUT2D eigenvalue weighted by Gasteiger charge is 2.07. The van der Waals surface area contributed by atoms with E-state index in [0.29, 0.717) is 0 Å². The third-order valence-electron chi connectivity index (χ3n) is 2.16. The van der Waals surface area contributed by atoms with Gasteiger partial charge in [0.25, 0.3) is 0 Å². The van der Waals surface area contributed by atoms with E-state index in [1.165, 1.54) is 0 Å². The van der Waals surface area contributed by atoms with Gasteiger partial charge in [-0.2, -0.15) is 0 Å². The van der Waals surface area contributed by atoms with Crippen molar-refractivity contribution in [3.63, 3.8) is 0 Å². The summed E-state index contributed by atoms with van der Waals surface area (Å²) in [5, 5.41) is 0. The molecule has 2 rings (SSSR count). The molecule has 0 aliphatic carbocycles. The highest BCUT2D eigenvalue weighted by molar-refractivity contribution is 9.10. The lowest BCUT2D eigenvalue weighted by Crippen LogP contribution is -1.86. The number of H-pyrrole nitrogens is 1. The van der Waals surface area contributed by atoms with Crippen LogP contribution in [0.4, 0.5) is 5.69 Å². The zero-order valence-corrected chi connectivity index (χ0v) is 9.56. The molecule has 0 radical (unpaired) electrons. The van der Waals surface area contributed by atoms with E-state index < -0.39 is 0 Å². The van der Waals surface area contributed by atoms with Crippen molar-refractivity contribution in [1.82, 2.24) is 9.97 Å². The largest absolute Gasteiger partial charge is 0.398 e. The van der Waals surface area contributed by atoms with E-state index >= 15 is 0 Å². The molecule has 2 aromatic rings. The molecule has 14 heavy (non-hydrogen) atoms. The van der Waals surface area contributed by atoms with Crippen molar-refractivity contribution in [1.29, 1.82) is 0 Å². The molecule has 0 fully saturated rings. The van der Waals surface area contributed by atoms with Gasteiger partial charge in [0.05, 0.1) is 9.99 Å². The maximum absolute atomic E-state index is 5.77. The molecule has 0 bridgehead atoms. The third kappa shape index (κ3) is 1.50. The number of nitrogen functional groups attached to an aromatic ring is 1. The van der Waals surface area contributed by atoms with Gasteiger partial charge in [-0.15, -0.1) is 0 Å². The molecular formula is C10H12BrN3. The lowest BCUT2D eigenvalue weighted by Gasteiger charge is -1.96. The fourth-order valence-corrected chi connectivity index (χ4v) is 1.90. The molecule has 3 nitrogen and oxygen atoms in total. The molecule has 1 aromatic heterocycles. The normalized spacial score (nSPS) is 11.0. The summed E-state index contributed by atoms with van der Waals surface area (Å²) < 4.78 is 0.883. The summed E-state index contributed by atoms with van der Waals surface area (Å²) in [7, 11) is 0. The summed E-state index contributed by atoms with van der Waals surface area (Å²) >= 11 is 3.44. The van der Waals surface area contributed by atoms with Crippen LogP contribution in [-0.4, -0.2) is 9.97 Å². The second-order valence-electron chi connectivity index (χ2n) is 3.30. The van der Waals surface area contributed by atoms with Crippen molar-refractivity contribution in [2.45, 2.75) is 19.8 Å². The number of fused-ring (bicyclic) bond motifs is 1. The Morgan fingerprint density at radius 3 is 3.00 bits per heavy atom. The topological polar surface area (TPSA) is 54.7 Å². The smallest absolute Gasteiger partial charge is 0.107 e. The predicted molar refractivity (Wildman–Crippen MR) is 62.2 cm³/mol. The zero-order chi connectivity index (χ0) is 10.1. The summed E-state index contributed by atoms with van der Waals surface area (Å²) in [5.41, 5.74) is 8.46. The van der Waals surface area contributed by atoms with Gasteiger partial charge in [-0.1, -0.05) is 6.92 Å². The van der Waals surface area contributed by atoms with Gasteiger partial charge < -0.3 is 10.7 Å². The van der Waals surface area contributed by atoms with Crippen LogP contribution in [0.1, 0.15) is 19.2 Å². The molecule has 0 aliphatic heterocycles. The van der Waals surface area contributed by atoms with Gasteiger partial charge in [0.2, 0.25) is 0 Å². The SMILES string of the molecule is CCCc1nc2c(Br)c(N)ccc2[nH]1. The van der Waals surface area contributed by atoms with E-state index in [1.54, 1.807) is 0 Å². The molecule has 0 spiro atoms. The van der Waals surface area contributed by atoms with Gasteiger partial charge in [0.15, 0.2) is 0 Å². The Balaban J connectivity index is 2.59. The second-order valence-corrected chi connectivity index (χ2v) is 4.09. The van der Waals surface area contributed by atoms with Crippen molar-refractivity contribution in [2.24, 2.45) is 0 Å². The van der Waals surface area contributed by atoms with Gasteiger partial charge in [-0.25, -0.2) is 4.98 Å². The number of anilines is 1. The van der Waals surface area contributed by atoms with Crippen molar-refractivity contribution >= 4 is 32.7 Å². The highest BCUT2D eigenvalue weighted by atomic mass is 79.9. The summed E-state index contributed by atoms with van der Waals surface area (Å²) in [6.07, 6.45) is 2.06. The summed E-state index contributed by atoms with van der Waals surface area (Å²) in [4.78, 5) is 7.75. The fourth-order valence-electron chi connectivity index (χ4n) is 1.46. The molecule has 0 amide bonds. The molecule has 0 unspecified atom stereocenters. The van der Waals surface area contributed by atoms with Crippen LogP contribution in [0.15, 0.2) is 16.6 Å². The molecule has 0 atom stereocenters. The number of aromatic amines is 1. The number of imidazole rings is 1. The maximum Gasteiger partial charge on any atom is 0.107 e. The van der Waals surface area contributed by atoms with E-state index in [4.69, 9.17) is 5.73 Å². The van der Waals surface area contributed by atoms with Crippen LogP contribution in [0.3, 0.4) is 0 Å². The quantitative estimate of drug-likeness (QED) is 0.809. The fraction of sp³-hybridized carbons (Fsp3) is 0.300. The van der Waals surface area contributed by atoms with Crippen LogP contribution in [0.25, 0.3) is 11.0 Å².